The molecule has 1 saturated heterocycles. The number of nitrogens with one attached hydrogen (secondary N) is 3. The molecule has 0 radical (unpaired) electrons. The third-order valence-corrected chi connectivity index (χ3v) is 12.2. The number of hydrogen-bond acceptors (Lipinski definition) is 10. The van der Waals surface area contributed by atoms with Crippen molar-refractivity contribution < 1.29 is 52.4 Å². The number of imide groups is 1. The van der Waals surface area contributed by atoms with E-state index in [1.165, 1.54) is 4.90 Å². The van der Waals surface area contributed by atoms with Crippen molar-refractivity contribution in [2.24, 2.45) is 17.8 Å². The summed E-state index contributed by atoms with van der Waals surface area (Å²) in [7, 11) is 0. The smallest absolute Gasteiger partial charge is 0.425 e. The molecule has 3 aromatic carbocycles. The van der Waals surface area contributed by atoms with Gasteiger partial charge in [0, 0.05) is 25.7 Å². The lowest BCUT2D eigenvalue weighted by Crippen LogP contribution is -2.75. The fourth-order valence-electron chi connectivity index (χ4n) is 8.46. The van der Waals surface area contributed by atoms with Crippen molar-refractivity contribution in [3.8, 4) is 0 Å². The maximum absolute atomic E-state index is 15.7. The number of alkyl carbamates (subject to hydrolysis) is 1. The van der Waals surface area contributed by atoms with E-state index in [1.807, 2.05) is 99.6 Å². The highest BCUT2D eigenvalue weighted by Crippen LogP contribution is 2.34. The highest BCUT2D eigenvalue weighted by molar-refractivity contribution is 5.92. The van der Waals surface area contributed by atoms with Gasteiger partial charge in [-0.25, -0.2) is 24.7 Å². The molecule has 6 atom stereocenters. The lowest BCUT2D eigenvalue weighted by molar-refractivity contribution is -0.810. The number of ketones is 2. The normalized spacial score (nSPS) is 17.7. The van der Waals surface area contributed by atoms with E-state index in [9.17, 15) is 24.0 Å². The van der Waals surface area contributed by atoms with E-state index in [1.54, 1.807) is 32.9 Å². The van der Waals surface area contributed by atoms with Gasteiger partial charge in [-0.05, 0) is 34.9 Å². The minimum atomic E-state index is -1.10. The summed E-state index contributed by atoms with van der Waals surface area (Å²) in [6.45, 7) is 10.3. The van der Waals surface area contributed by atoms with E-state index in [2.05, 4.69) is 16.1 Å². The summed E-state index contributed by atoms with van der Waals surface area (Å²) in [5, 5.41) is 5.70. The number of quaternary nitrogens is 1. The van der Waals surface area contributed by atoms with Gasteiger partial charge in [0.2, 0.25) is 5.91 Å². The zero-order valence-corrected chi connectivity index (χ0v) is 39.5. The molecule has 66 heavy (non-hydrogen) atoms. The van der Waals surface area contributed by atoms with Crippen molar-refractivity contribution >= 4 is 41.6 Å². The Kier molecular flexibility index (Phi) is 21.5. The summed E-state index contributed by atoms with van der Waals surface area (Å²) in [4.78, 5) is 106. The van der Waals surface area contributed by atoms with Crippen LogP contribution in [0.3, 0.4) is 0 Å². The van der Waals surface area contributed by atoms with Gasteiger partial charge < -0.3 is 14.8 Å². The zero-order chi connectivity index (χ0) is 48.1. The fourth-order valence-corrected chi connectivity index (χ4v) is 8.46. The molecule has 1 aliphatic heterocycles. The summed E-state index contributed by atoms with van der Waals surface area (Å²) in [5.74, 6) is -3.68. The van der Waals surface area contributed by atoms with Crippen LogP contribution in [0.4, 0.5) is 14.4 Å². The average Bonchev–Trinajstić information content (AvgIpc) is 3.33. The summed E-state index contributed by atoms with van der Waals surface area (Å²) >= 11 is 0. The third kappa shape index (κ3) is 15.3. The van der Waals surface area contributed by atoms with Gasteiger partial charge in [-0.3, -0.25) is 29.4 Å². The van der Waals surface area contributed by atoms with E-state index in [4.69, 9.17) is 14.3 Å². The monoisotopic (exact) mass is 913 g/mol. The van der Waals surface area contributed by atoms with E-state index in [-0.39, 0.29) is 89.0 Å². The predicted molar refractivity (Wildman–Crippen MR) is 249 cm³/mol. The lowest BCUT2D eigenvalue weighted by atomic mass is 9.86. The van der Waals surface area contributed by atoms with E-state index in [0.717, 1.165) is 29.5 Å². The van der Waals surface area contributed by atoms with Gasteiger partial charge in [0.25, 0.3) is 0 Å². The summed E-state index contributed by atoms with van der Waals surface area (Å²) < 4.78 is 10.4. The number of carbonyl (C=O) groups is 7. The molecule has 1 fully saturated rings. The van der Waals surface area contributed by atoms with Crippen LogP contribution in [0.15, 0.2) is 91.0 Å². The number of hydroxylamine groups is 1. The van der Waals surface area contributed by atoms with Gasteiger partial charge in [0.05, 0.1) is 37.7 Å². The first-order valence-corrected chi connectivity index (χ1v) is 23.4. The van der Waals surface area contributed by atoms with Crippen LogP contribution in [-0.4, -0.2) is 88.7 Å². The lowest BCUT2D eigenvalue weighted by Gasteiger charge is -2.48. The van der Waals surface area contributed by atoms with Gasteiger partial charge in [0.15, 0.2) is 11.6 Å². The number of benzene rings is 3. The van der Waals surface area contributed by atoms with Crippen molar-refractivity contribution in [3.63, 3.8) is 0 Å². The van der Waals surface area contributed by atoms with Crippen molar-refractivity contribution in [2.45, 2.75) is 131 Å². The molecule has 4 rings (SSSR count). The molecule has 1 heterocycles. The average molecular weight is 913 g/mol. The van der Waals surface area contributed by atoms with Crippen molar-refractivity contribution in [2.75, 3.05) is 19.6 Å². The molecule has 3 aromatic rings. The minimum absolute atomic E-state index is 0.0189. The molecule has 15 heteroatoms. The van der Waals surface area contributed by atoms with E-state index < -0.39 is 64.5 Å². The van der Waals surface area contributed by atoms with Crippen molar-refractivity contribution in [1.82, 2.24) is 21.0 Å². The zero-order valence-electron chi connectivity index (χ0n) is 39.5. The Balaban J connectivity index is 1.77. The molecule has 6 amide bonds. The number of hydrogen-bond donors (Lipinski definition) is 3. The molecule has 0 saturated carbocycles. The second kappa shape index (κ2) is 26.9. The van der Waals surface area contributed by atoms with Gasteiger partial charge in [-0.2, -0.15) is 4.48 Å². The van der Waals surface area contributed by atoms with Gasteiger partial charge in [-0.1, -0.05) is 152 Å². The molecule has 0 spiro atoms. The number of nitrogens with zero attached hydrogens (tertiary/aromatic N) is 2. The van der Waals surface area contributed by atoms with Crippen LogP contribution in [0.1, 0.15) is 110 Å². The quantitative estimate of drug-likeness (QED) is 0.0449. The first-order valence-electron chi connectivity index (χ1n) is 23.4. The Labute approximate surface area is 389 Å². The van der Waals surface area contributed by atoms with Gasteiger partial charge in [-0.15, -0.1) is 0 Å². The van der Waals surface area contributed by atoms with E-state index in [0.29, 0.717) is 6.42 Å². The van der Waals surface area contributed by atoms with Crippen LogP contribution in [-0.2, 0) is 53.3 Å². The number of urea groups is 1. The molecule has 15 nitrogen and oxygen atoms in total. The van der Waals surface area contributed by atoms with Crippen LogP contribution in [0, 0.1) is 17.8 Å². The number of amides is 6. The van der Waals surface area contributed by atoms with E-state index >= 15 is 9.59 Å². The molecule has 3 N–H and O–H groups in total. The highest BCUT2D eigenvalue weighted by Gasteiger charge is 2.58. The second-order valence-corrected chi connectivity index (χ2v) is 17.5. The fraction of sp³-hybridized carbons (Fsp3) is 0.510. The number of Topliss-reactive ketones (excluding diaryl/α,β-unsaturated/α-hetero) is 2. The summed E-state index contributed by atoms with van der Waals surface area (Å²) in [6, 6.07) is 23.7. The van der Waals surface area contributed by atoms with Crippen LogP contribution < -0.4 is 16.1 Å². The maximum atomic E-state index is 15.7. The molecular formula is C51H70N5O10+. The Hall–Kier alpha value is -5.93. The van der Waals surface area contributed by atoms with Crippen LogP contribution in [0.2, 0.25) is 0 Å². The number of ether oxygens (including phenoxy) is 2. The van der Waals surface area contributed by atoms with Crippen LogP contribution in [0.25, 0.3) is 0 Å². The summed E-state index contributed by atoms with van der Waals surface area (Å²) in [6.07, 6.45) is 0.815. The molecular weight excluding hydrogens is 843 g/mol. The molecule has 1 aliphatic rings. The number of unbranched alkanes of at least 4 members (excludes halogenated alkanes) is 2. The molecule has 4 unspecified atom stereocenters. The number of rotatable bonds is 24. The molecule has 0 aliphatic carbocycles. The Bertz CT molecular complexity index is 2040. The number of piperazine rings is 1. The number of carbonyl (C=O) groups excluding carboxylic acids is 7. The third-order valence-electron chi connectivity index (χ3n) is 12.2. The van der Waals surface area contributed by atoms with Crippen molar-refractivity contribution in [1.29, 1.82) is 0 Å². The maximum Gasteiger partial charge on any atom is 0.425 e. The SMILES string of the molecule is CCCCC[C@H](CC(=O)NOCc1ccccc1)C(=O)[N+]1(C(=O)N[C@H](C(=O)CC)C(C)C)CCN(C(=O)OCc2ccccc2)CC1CC(C)C(NC(=O)OCc1ccccc1)C(=O)CC. The Morgan fingerprint density at radius 3 is 1.79 bits per heavy atom. The predicted octanol–water partition coefficient (Wildman–Crippen LogP) is 8.20. The Morgan fingerprint density at radius 1 is 0.697 bits per heavy atom. The molecule has 0 bridgehead atoms. The van der Waals surface area contributed by atoms with Gasteiger partial charge in [0.1, 0.15) is 25.8 Å². The first kappa shape index (κ1) is 52.7. The molecule has 358 valence electrons. The topological polar surface area (TPSA) is 187 Å². The van der Waals surface area contributed by atoms with Crippen molar-refractivity contribution in [3.05, 3.63) is 108 Å². The first-order chi connectivity index (χ1) is 31.7. The molecule has 0 aromatic heterocycles. The van der Waals surface area contributed by atoms with Crippen LogP contribution >= 0.6 is 0 Å². The van der Waals surface area contributed by atoms with Crippen LogP contribution in [0.5, 0.6) is 0 Å². The van der Waals surface area contributed by atoms with Gasteiger partial charge >= 0.3 is 24.1 Å². The largest absolute Gasteiger partial charge is 0.445 e. The minimum Gasteiger partial charge on any atom is -0.445 e. The highest BCUT2D eigenvalue weighted by atomic mass is 16.6. The standard InChI is InChI=1S/C51H69N5O10/c1-7-10-14-27-41(31-45(59)54-66-35-40-25-19-13-20-26-40)48(60)56(49(61)52-46(36(4)5)43(57)8-2)29-28-55(51(63)65-34-39-23-17-12-18-24-39)32-42(56)30-37(6)47(44(58)9-3)53-50(62)64-33-38-21-15-11-16-22-38/h11-13,15-26,36-37,41-42,46-47H,7-10,14,27-35H2,1-6H3,(H2-,52,53,54,59,61,62)/p+1/t37?,41-,42?,46+,47?,56?/m1/s1. The Morgan fingerprint density at radius 2 is 1.24 bits per heavy atom. The summed E-state index contributed by atoms with van der Waals surface area (Å²) in [5.41, 5.74) is 4.82. The second-order valence-electron chi connectivity index (χ2n) is 17.5.